The maximum Gasteiger partial charge on any atom is 0.137 e. The van der Waals surface area contributed by atoms with E-state index in [0.717, 1.165) is 52.2 Å². The lowest BCUT2D eigenvalue weighted by molar-refractivity contribution is 0.658. The SMILES string of the molecule is Cc1cc(-c2ccc(CNc3ncnc4ccc(C5C=CNCC5)cc34)cn2)ccn1. The molecular weight excluding hydrogens is 384 g/mol. The number of rotatable bonds is 5. The third-order valence-electron chi connectivity index (χ3n) is 5.61. The molecule has 1 atom stereocenters. The van der Waals surface area contributed by atoms with Crippen molar-refractivity contribution < 1.29 is 0 Å². The molecule has 1 aromatic carbocycles. The van der Waals surface area contributed by atoms with Crippen LogP contribution in [0.1, 0.15) is 29.2 Å². The molecule has 0 saturated carbocycles. The zero-order valence-electron chi connectivity index (χ0n) is 17.4. The van der Waals surface area contributed by atoms with Crippen LogP contribution < -0.4 is 10.6 Å². The van der Waals surface area contributed by atoms with Gasteiger partial charge in [-0.1, -0.05) is 18.2 Å². The lowest BCUT2D eigenvalue weighted by atomic mass is 9.93. The molecule has 0 radical (unpaired) electrons. The smallest absolute Gasteiger partial charge is 0.137 e. The van der Waals surface area contributed by atoms with E-state index in [-0.39, 0.29) is 0 Å². The van der Waals surface area contributed by atoms with E-state index < -0.39 is 0 Å². The van der Waals surface area contributed by atoms with Gasteiger partial charge in [0.2, 0.25) is 0 Å². The Hall–Kier alpha value is -3.80. The van der Waals surface area contributed by atoms with Crippen LogP contribution in [0.4, 0.5) is 5.82 Å². The molecule has 1 aliphatic rings. The highest BCUT2D eigenvalue weighted by atomic mass is 15.0. The molecule has 0 fully saturated rings. The molecule has 5 rings (SSSR count). The fraction of sp³-hybridized carbons (Fsp3) is 0.200. The summed E-state index contributed by atoms with van der Waals surface area (Å²) >= 11 is 0. The second-order valence-corrected chi connectivity index (χ2v) is 7.80. The Morgan fingerprint density at radius 1 is 1.03 bits per heavy atom. The Balaban J connectivity index is 1.35. The molecule has 0 spiro atoms. The van der Waals surface area contributed by atoms with E-state index in [0.29, 0.717) is 12.5 Å². The van der Waals surface area contributed by atoms with Crippen molar-refractivity contribution in [2.75, 3.05) is 11.9 Å². The summed E-state index contributed by atoms with van der Waals surface area (Å²) in [6.07, 6.45) is 10.7. The zero-order valence-corrected chi connectivity index (χ0v) is 17.4. The number of aryl methyl sites for hydroxylation is 1. The van der Waals surface area contributed by atoms with Crippen LogP contribution >= 0.6 is 0 Å². The summed E-state index contributed by atoms with van der Waals surface area (Å²) < 4.78 is 0. The van der Waals surface area contributed by atoms with Gasteiger partial charge in [-0.3, -0.25) is 9.97 Å². The Morgan fingerprint density at radius 3 is 2.81 bits per heavy atom. The first kappa shape index (κ1) is 19.2. The molecule has 1 unspecified atom stereocenters. The lowest BCUT2D eigenvalue weighted by Gasteiger charge is -2.18. The monoisotopic (exact) mass is 408 g/mol. The van der Waals surface area contributed by atoms with Crippen LogP contribution in [0.5, 0.6) is 0 Å². The van der Waals surface area contributed by atoms with Crippen molar-refractivity contribution in [1.82, 2.24) is 25.3 Å². The molecule has 0 amide bonds. The van der Waals surface area contributed by atoms with E-state index in [1.165, 1.54) is 5.56 Å². The molecule has 0 aliphatic carbocycles. The number of aromatic nitrogens is 4. The van der Waals surface area contributed by atoms with Gasteiger partial charge in [-0.2, -0.15) is 0 Å². The summed E-state index contributed by atoms with van der Waals surface area (Å²) in [5.74, 6) is 1.27. The van der Waals surface area contributed by atoms with Crippen molar-refractivity contribution in [1.29, 1.82) is 0 Å². The van der Waals surface area contributed by atoms with Gasteiger partial charge >= 0.3 is 0 Å². The summed E-state index contributed by atoms with van der Waals surface area (Å²) in [5, 5.41) is 7.78. The zero-order chi connectivity index (χ0) is 21.0. The van der Waals surface area contributed by atoms with Crippen LogP contribution in [0, 0.1) is 6.92 Å². The van der Waals surface area contributed by atoms with Crippen molar-refractivity contribution in [2.24, 2.45) is 0 Å². The number of hydrogen-bond donors (Lipinski definition) is 2. The summed E-state index contributed by atoms with van der Waals surface area (Å²) in [5.41, 5.74) is 6.34. The van der Waals surface area contributed by atoms with Crippen molar-refractivity contribution in [3.8, 4) is 11.3 Å². The molecule has 1 aliphatic heterocycles. The third kappa shape index (κ3) is 4.23. The highest BCUT2D eigenvalue weighted by Gasteiger charge is 2.13. The van der Waals surface area contributed by atoms with Gasteiger partial charge in [-0.05, 0) is 61.0 Å². The average Bonchev–Trinajstić information content (AvgIpc) is 2.83. The van der Waals surface area contributed by atoms with E-state index in [1.54, 1.807) is 6.33 Å². The van der Waals surface area contributed by atoms with E-state index in [2.05, 4.69) is 60.9 Å². The van der Waals surface area contributed by atoms with Crippen molar-refractivity contribution >= 4 is 16.7 Å². The first-order valence-electron chi connectivity index (χ1n) is 10.5. The maximum absolute atomic E-state index is 4.63. The van der Waals surface area contributed by atoms with Crippen LogP contribution in [0.25, 0.3) is 22.2 Å². The minimum atomic E-state index is 0.423. The highest BCUT2D eigenvalue weighted by molar-refractivity contribution is 5.89. The Bertz CT molecular complexity index is 1230. The first-order valence-corrected chi connectivity index (χ1v) is 10.5. The summed E-state index contributed by atoms with van der Waals surface area (Å²) in [6, 6.07) is 14.6. The van der Waals surface area contributed by atoms with Crippen LogP contribution in [-0.2, 0) is 6.54 Å². The van der Waals surface area contributed by atoms with Gasteiger partial charge in [0.1, 0.15) is 12.1 Å². The quantitative estimate of drug-likeness (QED) is 0.503. The number of fused-ring (bicyclic) bond motifs is 1. The van der Waals surface area contributed by atoms with Crippen molar-refractivity contribution in [3.05, 3.63) is 90.3 Å². The number of anilines is 1. The minimum Gasteiger partial charge on any atom is -0.391 e. The molecule has 3 aromatic heterocycles. The second kappa shape index (κ2) is 8.52. The number of hydrogen-bond acceptors (Lipinski definition) is 6. The van der Waals surface area contributed by atoms with Crippen molar-refractivity contribution in [3.63, 3.8) is 0 Å². The highest BCUT2D eigenvalue weighted by Crippen LogP contribution is 2.28. The van der Waals surface area contributed by atoms with Crippen LogP contribution in [0.2, 0.25) is 0 Å². The number of pyridine rings is 2. The molecule has 154 valence electrons. The number of allylic oxidation sites excluding steroid dienone is 1. The predicted molar refractivity (Wildman–Crippen MR) is 124 cm³/mol. The number of benzene rings is 1. The van der Waals surface area contributed by atoms with Gasteiger partial charge < -0.3 is 10.6 Å². The van der Waals surface area contributed by atoms with Gasteiger partial charge in [0.05, 0.1) is 11.2 Å². The van der Waals surface area contributed by atoms with Crippen LogP contribution in [-0.4, -0.2) is 26.5 Å². The Morgan fingerprint density at radius 2 is 2.00 bits per heavy atom. The van der Waals surface area contributed by atoms with E-state index in [1.807, 2.05) is 43.7 Å². The van der Waals surface area contributed by atoms with Crippen LogP contribution in [0.3, 0.4) is 0 Å². The Labute approximate surface area is 181 Å². The summed E-state index contributed by atoms with van der Waals surface area (Å²) in [6.45, 7) is 3.63. The molecule has 4 aromatic rings. The van der Waals surface area contributed by atoms with Crippen LogP contribution in [0.15, 0.2) is 73.5 Å². The molecule has 31 heavy (non-hydrogen) atoms. The molecule has 6 nitrogen and oxygen atoms in total. The van der Waals surface area contributed by atoms with E-state index in [9.17, 15) is 0 Å². The Kier molecular flexibility index (Phi) is 5.27. The fourth-order valence-electron chi connectivity index (χ4n) is 3.92. The molecule has 0 saturated heterocycles. The molecule has 0 bridgehead atoms. The fourth-order valence-corrected chi connectivity index (χ4v) is 3.92. The van der Waals surface area contributed by atoms with Gasteiger partial charge in [0.15, 0.2) is 0 Å². The third-order valence-corrected chi connectivity index (χ3v) is 5.61. The van der Waals surface area contributed by atoms with E-state index in [4.69, 9.17) is 0 Å². The maximum atomic E-state index is 4.63. The average molecular weight is 409 g/mol. The number of nitrogens with one attached hydrogen (secondary N) is 2. The summed E-state index contributed by atoms with van der Waals surface area (Å²) in [4.78, 5) is 17.8. The predicted octanol–water partition coefficient (Wildman–Crippen LogP) is 4.60. The lowest BCUT2D eigenvalue weighted by Crippen LogP contribution is -2.16. The molecular formula is C25H24N6. The number of nitrogens with zero attached hydrogens (tertiary/aromatic N) is 4. The van der Waals surface area contributed by atoms with Gasteiger partial charge in [-0.15, -0.1) is 0 Å². The van der Waals surface area contributed by atoms with Gasteiger partial charge in [-0.25, -0.2) is 9.97 Å². The standard InChI is InChI=1S/C25H24N6/c1-17-12-21(8-11-27-17)23-4-2-18(14-28-23)15-29-25-22-13-20(19-6-9-26-10-7-19)3-5-24(22)30-16-31-25/h2-6,8-9,11-14,16,19,26H,7,10,15H2,1H3,(H,29,30,31). The minimum absolute atomic E-state index is 0.423. The molecule has 4 heterocycles. The van der Waals surface area contributed by atoms with E-state index >= 15 is 0 Å². The van der Waals surface area contributed by atoms with Gasteiger partial charge in [0, 0.05) is 48.0 Å². The van der Waals surface area contributed by atoms with Crippen molar-refractivity contribution in [2.45, 2.75) is 25.8 Å². The molecule has 6 heteroatoms. The first-order chi connectivity index (χ1) is 15.3. The largest absolute Gasteiger partial charge is 0.391 e. The normalized spacial score (nSPS) is 15.6. The topological polar surface area (TPSA) is 75.6 Å². The van der Waals surface area contributed by atoms with Gasteiger partial charge in [0.25, 0.3) is 0 Å². The second-order valence-electron chi connectivity index (χ2n) is 7.80. The summed E-state index contributed by atoms with van der Waals surface area (Å²) in [7, 11) is 0. The molecule has 2 N–H and O–H groups in total.